The lowest BCUT2D eigenvalue weighted by molar-refractivity contribution is -0.134. The molecule has 1 unspecified atom stereocenters. The molecule has 0 saturated carbocycles. The number of carbonyl (C=O) groups excluding carboxylic acids is 1. The van der Waals surface area contributed by atoms with Gasteiger partial charge in [0, 0.05) is 19.6 Å². The number of hydrogen-bond donors (Lipinski definition) is 2. The molecule has 0 spiro atoms. The summed E-state index contributed by atoms with van der Waals surface area (Å²) in [6.07, 6.45) is 0.534. The Morgan fingerprint density at radius 1 is 1.42 bits per heavy atom. The van der Waals surface area contributed by atoms with Gasteiger partial charge in [-0.05, 0) is 38.0 Å². The molecule has 1 rings (SSSR count). The summed E-state index contributed by atoms with van der Waals surface area (Å²) in [4.78, 5) is 14.0. The topological polar surface area (TPSA) is 66.6 Å². The molecular formula is C14H21ClN2O2. The smallest absolute Gasteiger partial charge is 0.227 e. The molecule has 106 valence electrons. The van der Waals surface area contributed by atoms with Crippen molar-refractivity contribution in [2.24, 2.45) is 11.7 Å². The van der Waals surface area contributed by atoms with Crippen LogP contribution in [0.25, 0.3) is 0 Å². The first-order valence-corrected chi connectivity index (χ1v) is 6.87. The molecule has 0 aliphatic carbocycles. The van der Waals surface area contributed by atoms with Crippen LogP contribution in [0.4, 0.5) is 0 Å². The number of phenolic OH excluding ortho intramolecular Hbond substituents is 1. The average molecular weight is 285 g/mol. The van der Waals surface area contributed by atoms with E-state index in [2.05, 4.69) is 0 Å². The Morgan fingerprint density at radius 3 is 2.53 bits per heavy atom. The molecule has 0 saturated heterocycles. The molecule has 0 radical (unpaired) electrons. The third-order valence-corrected chi connectivity index (χ3v) is 3.51. The summed E-state index contributed by atoms with van der Waals surface area (Å²) in [6, 6.07) is 4.97. The van der Waals surface area contributed by atoms with Crippen molar-refractivity contribution in [2.45, 2.75) is 20.3 Å². The molecule has 1 aromatic rings. The minimum atomic E-state index is -0.250. The average Bonchev–Trinajstić information content (AvgIpc) is 2.41. The van der Waals surface area contributed by atoms with Gasteiger partial charge in [-0.25, -0.2) is 0 Å². The van der Waals surface area contributed by atoms with Crippen LogP contribution in [0.3, 0.4) is 0 Å². The number of hydrogen-bond acceptors (Lipinski definition) is 3. The third-order valence-electron chi connectivity index (χ3n) is 3.20. The van der Waals surface area contributed by atoms with E-state index in [-0.39, 0.29) is 17.6 Å². The van der Waals surface area contributed by atoms with Crippen LogP contribution < -0.4 is 5.73 Å². The lowest BCUT2D eigenvalue weighted by Crippen LogP contribution is -2.39. The first kappa shape index (κ1) is 15.8. The number of rotatable bonds is 6. The third kappa shape index (κ3) is 4.11. The maximum Gasteiger partial charge on any atom is 0.227 e. The number of nitrogens with two attached hydrogens (primary N) is 1. The molecule has 0 fully saturated rings. The van der Waals surface area contributed by atoms with Gasteiger partial charge < -0.3 is 15.7 Å². The van der Waals surface area contributed by atoms with E-state index in [1.807, 2.05) is 13.8 Å². The molecule has 1 atom stereocenters. The highest BCUT2D eigenvalue weighted by molar-refractivity contribution is 6.32. The van der Waals surface area contributed by atoms with Gasteiger partial charge in [-0.2, -0.15) is 0 Å². The summed E-state index contributed by atoms with van der Waals surface area (Å²) >= 11 is 5.86. The largest absolute Gasteiger partial charge is 0.506 e. The predicted molar refractivity (Wildman–Crippen MR) is 77.3 cm³/mol. The maximum absolute atomic E-state index is 12.3. The maximum atomic E-state index is 12.3. The summed E-state index contributed by atoms with van der Waals surface area (Å²) < 4.78 is 0. The van der Waals surface area contributed by atoms with Crippen molar-refractivity contribution in [3.8, 4) is 5.75 Å². The van der Waals surface area contributed by atoms with Crippen LogP contribution in [0.5, 0.6) is 5.75 Å². The van der Waals surface area contributed by atoms with Crippen LogP contribution in [-0.2, 0) is 11.2 Å². The predicted octanol–water partition coefficient (Wildman–Crippen LogP) is 2.03. The van der Waals surface area contributed by atoms with Gasteiger partial charge in [0.25, 0.3) is 0 Å². The van der Waals surface area contributed by atoms with Crippen LogP contribution in [0.15, 0.2) is 18.2 Å². The van der Waals surface area contributed by atoms with E-state index in [9.17, 15) is 9.90 Å². The van der Waals surface area contributed by atoms with Crippen LogP contribution in [0.2, 0.25) is 5.02 Å². The van der Waals surface area contributed by atoms with Crippen molar-refractivity contribution in [3.63, 3.8) is 0 Å². The molecule has 19 heavy (non-hydrogen) atoms. The van der Waals surface area contributed by atoms with Gasteiger partial charge in [0.2, 0.25) is 5.91 Å². The Morgan fingerprint density at radius 2 is 2.05 bits per heavy atom. The first-order chi connectivity index (χ1) is 9.03. The first-order valence-electron chi connectivity index (χ1n) is 6.49. The van der Waals surface area contributed by atoms with Crippen LogP contribution >= 0.6 is 11.6 Å². The van der Waals surface area contributed by atoms with Gasteiger partial charge in [-0.15, -0.1) is 0 Å². The van der Waals surface area contributed by atoms with Gasteiger partial charge in [0.15, 0.2) is 0 Å². The van der Waals surface area contributed by atoms with Crippen molar-refractivity contribution in [1.82, 2.24) is 4.90 Å². The number of benzene rings is 1. The standard InChI is InChI=1S/C14H21ClN2O2/c1-3-17(4-2)14(19)11(9-16)7-10-5-6-13(18)12(15)8-10/h5-6,8,11,18H,3-4,7,9,16H2,1-2H3. The minimum absolute atomic E-state index is 0.0461. The van der Waals surface area contributed by atoms with Crippen molar-refractivity contribution in [2.75, 3.05) is 19.6 Å². The van der Waals surface area contributed by atoms with Gasteiger partial charge in [0.1, 0.15) is 5.75 Å². The number of phenols is 1. The lowest BCUT2D eigenvalue weighted by atomic mass is 9.98. The van der Waals surface area contributed by atoms with E-state index in [0.717, 1.165) is 5.56 Å². The van der Waals surface area contributed by atoms with Gasteiger partial charge in [0.05, 0.1) is 10.9 Å². The van der Waals surface area contributed by atoms with Gasteiger partial charge >= 0.3 is 0 Å². The second kappa shape index (κ2) is 7.36. The summed E-state index contributed by atoms with van der Waals surface area (Å²) in [5, 5.41) is 9.67. The molecule has 3 N–H and O–H groups in total. The highest BCUT2D eigenvalue weighted by Crippen LogP contribution is 2.25. The van der Waals surface area contributed by atoms with E-state index in [1.54, 1.807) is 17.0 Å². The fourth-order valence-electron chi connectivity index (χ4n) is 2.03. The Balaban J connectivity index is 2.81. The number of halogens is 1. The van der Waals surface area contributed by atoms with E-state index < -0.39 is 0 Å². The van der Waals surface area contributed by atoms with E-state index in [1.165, 1.54) is 6.07 Å². The highest BCUT2D eigenvalue weighted by Gasteiger charge is 2.21. The number of carbonyl (C=O) groups is 1. The highest BCUT2D eigenvalue weighted by atomic mass is 35.5. The van der Waals surface area contributed by atoms with Crippen molar-refractivity contribution < 1.29 is 9.90 Å². The van der Waals surface area contributed by atoms with Crippen molar-refractivity contribution in [3.05, 3.63) is 28.8 Å². The van der Waals surface area contributed by atoms with E-state index in [4.69, 9.17) is 17.3 Å². The fraction of sp³-hybridized carbons (Fsp3) is 0.500. The molecule has 5 heteroatoms. The van der Waals surface area contributed by atoms with E-state index >= 15 is 0 Å². The monoisotopic (exact) mass is 284 g/mol. The van der Waals surface area contributed by atoms with Crippen LogP contribution in [0.1, 0.15) is 19.4 Å². The Kier molecular flexibility index (Phi) is 6.12. The van der Waals surface area contributed by atoms with Gasteiger partial charge in [-0.3, -0.25) is 4.79 Å². The normalized spacial score (nSPS) is 12.2. The SMILES string of the molecule is CCN(CC)C(=O)C(CN)Cc1ccc(O)c(Cl)c1. The Labute approximate surface area is 119 Å². The number of amides is 1. The van der Waals surface area contributed by atoms with Gasteiger partial charge in [-0.1, -0.05) is 17.7 Å². The fourth-order valence-corrected chi connectivity index (χ4v) is 2.23. The molecular weight excluding hydrogens is 264 g/mol. The Hall–Kier alpha value is -1.26. The molecule has 1 aromatic carbocycles. The molecule has 0 aliphatic heterocycles. The Bertz CT molecular complexity index is 433. The molecule has 0 bridgehead atoms. The summed E-state index contributed by atoms with van der Waals surface area (Å²) in [5.41, 5.74) is 6.61. The lowest BCUT2D eigenvalue weighted by Gasteiger charge is -2.24. The molecule has 0 heterocycles. The zero-order chi connectivity index (χ0) is 14.4. The minimum Gasteiger partial charge on any atom is -0.506 e. The quantitative estimate of drug-likeness (QED) is 0.840. The van der Waals surface area contributed by atoms with Crippen LogP contribution in [0, 0.1) is 5.92 Å². The van der Waals surface area contributed by atoms with Crippen molar-refractivity contribution in [1.29, 1.82) is 0 Å². The number of aromatic hydroxyl groups is 1. The molecule has 1 amide bonds. The molecule has 4 nitrogen and oxygen atoms in total. The second-order valence-electron chi connectivity index (χ2n) is 4.43. The van der Waals surface area contributed by atoms with Crippen LogP contribution in [-0.4, -0.2) is 35.5 Å². The summed E-state index contributed by atoms with van der Waals surface area (Å²) in [6.45, 7) is 5.57. The van der Waals surface area contributed by atoms with E-state index in [0.29, 0.717) is 31.1 Å². The molecule has 0 aromatic heterocycles. The van der Waals surface area contributed by atoms with Crippen molar-refractivity contribution >= 4 is 17.5 Å². The summed E-state index contributed by atoms with van der Waals surface area (Å²) in [5.74, 6) is -0.137. The molecule has 0 aliphatic rings. The summed E-state index contributed by atoms with van der Waals surface area (Å²) in [7, 11) is 0. The second-order valence-corrected chi connectivity index (χ2v) is 4.84. The zero-order valence-corrected chi connectivity index (χ0v) is 12.2. The zero-order valence-electron chi connectivity index (χ0n) is 11.4. The number of nitrogens with zero attached hydrogens (tertiary/aromatic N) is 1.